The highest BCUT2D eigenvalue weighted by Crippen LogP contribution is 2.33. The molecule has 6 nitrogen and oxygen atoms in total. The van der Waals surface area contributed by atoms with Gasteiger partial charge < -0.3 is 14.5 Å². The number of rotatable bonds is 1. The van der Waals surface area contributed by atoms with Crippen molar-refractivity contribution in [1.82, 2.24) is 14.9 Å². The van der Waals surface area contributed by atoms with E-state index in [9.17, 15) is 4.79 Å². The van der Waals surface area contributed by atoms with E-state index in [0.29, 0.717) is 6.54 Å². The number of aromatic nitrogens is 2. The Hall–Kier alpha value is -1.37. The van der Waals surface area contributed by atoms with Gasteiger partial charge >= 0.3 is 6.09 Å². The average Bonchev–Trinajstić information content (AvgIpc) is 2.97. The summed E-state index contributed by atoms with van der Waals surface area (Å²) in [6, 6.07) is 0.473. The smallest absolute Gasteiger partial charge is 0.410 e. The SMILES string of the molecule is CC(C)(C)OC(=O)N1C[C@@H]2C[C@@H]1CN2c1ncc(Br)cn1. The van der Waals surface area contributed by atoms with Crippen molar-refractivity contribution >= 4 is 28.0 Å². The van der Waals surface area contributed by atoms with E-state index < -0.39 is 5.60 Å². The maximum absolute atomic E-state index is 12.2. The van der Waals surface area contributed by atoms with Gasteiger partial charge in [0.1, 0.15) is 5.60 Å². The molecule has 0 spiro atoms. The first-order valence-electron chi connectivity index (χ1n) is 7.07. The van der Waals surface area contributed by atoms with Crippen LogP contribution in [0.1, 0.15) is 27.2 Å². The minimum Gasteiger partial charge on any atom is -0.444 e. The second kappa shape index (κ2) is 5.12. The van der Waals surface area contributed by atoms with Crippen molar-refractivity contribution < 1.29 is 9.53 Å². The van der Waals surface area contributed by atoms with Crippen LogP contribution in [0.3, 0.4) is 0 Å². The molecule has 2 bridgehead atoms. The van der Waals surface area contributed by atoms with Gasteiger partial charge in [-0.25, -0.2) is 14.8 Å². The number of fused-ring (bicyclic) bond motifs is 2. The Morgan fingerprint density at radius 3 is 2.48 bits per heavy atom. The summed E-state index contributed by atoms with van der Waals surface area (Å²) in [5, 5.41) is 0. The Labute approximate surface area is 132 Å². The maximum Gasteiger partial charge on any atom is 0.410 e. The minimum atomic E-state index is -0.451. The van der Waals surface area contributed by atoms with E-state index >= 15 is 0 Å². The summed E-state index contributed by atoms with van der Waals surface area (Å²) < 4.78 is 6.33. The summed E-state index contributed by atoms with van der Waals surface area (Å²) in [6.45, 7) is 7.12. The molecule has 0 radical (unpaired) electrons. The number of halogens is 1. The molecule has 1 aromatic rings. The van der Waals surface area contributed by atoms with Crippen LogP contribution in [0.2, 0.25) is 0 Å². The molecule has 3 heterocycles. The predicted molar refractivity (Wildman–Crippen MR) is 82.2 cm³/mol. The summed E-state index contributed by atoms with van der Waals surface area (Å²) in [5.41, 5.74) is -0.451. The van der Waals surface area contributed by atoms with Gasteiger partial charge in [-0.2, -0.15) is 0 Å². The molecule has 0 aromatic carbocycles. The summed E-state index contributed by atoms with van der Waals surface area (Å²) in [4.78, 5) is 24.9. The highest BCUT2D eigenvalue weighted by Gasteiger charge is 2.47. The minimum absolute atomic E-state index is 0.192. The van der Waals surface area contributed by atoms with Gasteiger partial charge in [0, 0.05) is 25.5 Å². The number of carbonyl (C=O) groups is 1. The molecule has 0 N–H and O–H groups in total. The molecule has 3 rings (SSSR count). The summed E-state index contributed by atoms with van der Waals surface area (Å²) in [6.07, 6.45) is 4.24. The molecule has 1 aromatic heterocycles. The number of nitrogens with zero attached hydrogens (tertiary/aromatic N) is 4. The first kappa shape index (κ1) is 14.6. The van der Waals surface area contributed by atoms with Crippen LogP contribution in [0.4, 0.5) is 10.7 Å². The van der Waals surface area contributed by atoms with Crippen molar-refractivity contribution in [2.24, 2.45) is 0 Å². The van der Waals surface area contributed by atoms with E-state index in [4.69, 9.17) is 4.74 Å². The summed E-state index contributed by atoms with van der Waals surface area (Å²) >= 11 is 3.34. The average molecular weight is 355 g/mol. The van der Waals surface area contributed by atoms with Crippen LogP contribution < -0.4 is 4.90 Å². The lowest BCUT2D eigenvalue weighted by atomic mass is 10.2. The first-order chi connectivity index (χ1) is 9.83. The zero-order chi connectivity index (χ0) is 15.2. The number of anilines is 1. The Morgan fingerprint density at radius 2 is 1.95 bits per heavy atom. The molecular formula is C14H19BrN4O2. The van der Waals surface area contributed by atoms with E-state index in [2.05, 4.69) is 30.8 Å². The van der Waals surface area contributed by atoms with Gasteiger partial charge in [-0.15, -0.1) is 0 Å². The third kappa shape index (κ3) is 2.97. The fourth-order valence-electron chi connectivity index (χ4n) is 2.91. The topological polar surface area (TPSA) is 58.6 Å². The highest BCUT2D eigenvalue weighted by molar-refractivity contribution is 9.10. The number of likely N-dealkylation sites (tertiary alicyclic amines) is 1. The number of amides is 1. The fourth-order valence-corrected chi connectivity index (χ4v) is 3.11. The number of hydrogen-bond donors (Lipinski definition) is 0. The summed E-state index contributed by atoms with van der Waals surface area (Å²) in [7, 11) is 0. The Morgan fingerprint density at radius 1 is 1.29 bits per heavy atom. The van der Waals surface area contributed by atoms with E-state index in [1.54, 1.807) is 12.4 Å². The van der Waals surface area contributed by atoms with Crippen molar-refractivity contribution in [2.75, 3.05) is 18.0 Å². The van der Waals surface area contributed by atoms with E-state index in [-0.39, 0.29) is 18.2 Å². The Kier molecular flexibility index (Phi) is 3.55. The molecule has 2 fully saturated rings. The molecule has 7 heteroatoms. The van der Waals surface area contributed by atoms with E-state index in [0.717, 1.165) is 23.4 Å². The van der Waals surface area contributed by atoms with Crippen LogP contribution in [0, 0.1) is 0 Å². The molecule has 0 unspecified atom stereocenters. The van der Waals surface area contributed by atoms with Crippen LogP contribution in [-0.2, 0) is 4.74 Å². The molecule has 2 atom stereocenters. The number of piperazine rings is 1. The van der Waals surface area contributed by atoms with Gasteiger partial charge in [0.15, 0.2) is 0 Å². The normalized spacial score (nSPS) is 24.6. The molecule has 1 amide bonds. The lowest BCUT2D eigenvalue weighted by Gasteiger charge is -2.35. The highest BCUT2D eigenvalue weighted by atomic mass is 79.9. The van der Waals surface area contributed by atoms with E-state index in [1.807, 2.05) is 25.7 Å². The maximum atomic E-state index is 12.2. The van der Waals surface area contributed by atoms with Gasteiger partial charge in [-0.05, 0) is 43.1 Å². The lowest BCUT2D eigenvalue weighted by Crippen LogP contribution is -2.50. The monoisotopic (exact) mass is 354 g/mol. The van der Waals surface area contributed by atoms with Gasteiger partial charge in [-0.1, -0.05) is 0 Å². The second-order valence-corrected chi connectivity index (χ2v) is 7.45. The van der Waals surface area contributed by atoms with Crippen LogP contribution >= 0.6 is 15.9 Å². The van der Waals surface area contributed by atoms with Crippen LogP contribution in [0.15, 0.2) is 16.9 Å². The van der Waals surface area contributed by atoms with Crippen LogP contribution in [0.5, 0.6) is 0 Å². The summed E-state index contributed by atoms with van der Waals surface area (Å²) in [5.74, 6) is 0.731. The van der Waals surface area contributed by atoms with Crippen molar-refractivity contribution in [2.45, 2.75) is 44.9 Å². The standard InChI is InChI=1S/C14H19BrN4O2/c1-14(2,3)21-13(20)19-8-10-4-11(19)7-18(10)12-16-5-9(15)6-17-12/h5-6,10-11H,4,7-8H2,1-3H3/t10-,11+/m0/s1. The third-order valence-electron chi connectivity index (χ3n) is 3.73. The van der Waals surface area contributed by atoms with Gasteiger partial charge in [0.2, 0.25) is 5.95 Å². The second-order valence-electron chi connectivity index (χ2n) is 6.53. The van der Waals surface area contributed by atoms with E-state index in [1.165, 1.54) is 0 Å². The zero-order valence-corrected chi connectivity index (χ0v) is 14.0. The molecule has 0 saturated carbocycles. The molecule has 2 aliphatic heterocycles. The number of carbonyl (C=O) groups excluding carboxylic acids is 1. The molecule has 114 valence electrons. The molecule has 2 aliphatic rings. The molecular weight excluding hydrogens is 336 g/mol. The van der Waals surface area contributed by atoms with Gasteiger partial charge in [0.25, 0.3) is 0 Å². The van der Waals surface area contributed by atoms with Gasteiger partial charge in [0.05, 0.1) is 16.6 Å². The van der Waals surface area contributed by atoms with Crippen LogP contribution in [0.25, 0.3) is 0 Å². The Balaban J connectivity index is 1.66. The van der Waals surface area contributed by atoms with Crippen LogP contribution in [-0.4, -0.2) is 51.7 Å². The lowest BCUT2D eigenvalue weighted by molar-refractivity contribution is 0.0214. The zero-order valence-electron chi connectivity index (χ0n) is 12.4. The molecule has 2 saturated heterocycles. The number of ether oxygens (including phenoxy) is 1. The third-order valence-corrected chi connectivity index (χ3v) is 4.14. The van der Waals surface area contributed by atoms with Gasteiger partial charge in [-0.3, -0.25) is 0 Å². The van der Waals surface area contributed by atoms with Crippen molar-refractivity contribution in [1.29, 1.82) is 0 Å². The first-order valence-corrected chi connectivity index (χ1v) is 7.86. The quantitative estimate of drug-likeness (QED) is 0.775. The molecule has 21 heavy (non-hydrogen) atoms. The van der Waals surface area contributed by atoms with Crippen molar-refractivity contribution in [3.8, 4) is 0 Å². The Bertz CT molecular complexity index is 543. The molecule has 0 aliphatic carbocycles. The fraction of sp³-hybridized carbons (Fsp3) is 0.643. The largest absolute Gasteiger partial charge is 0.444 e. The number of hydrogen-bond acceptors (Lipinski definition) is 5. The van der Waals surface area contributed by atoms with Crippen molar-refractivity contribution in [3.63, 3.8) is 0 Å². The van der Waals surface area contributed by atoms with Crippen molar-refractivity contribution in [3.05, 3.63) is 16.9 Å². The predicted octanol–water partition coefficient (Wildman–Crippen LogP) is 2.44.